The maximum Gasteiger partial charge on any atom is 0.326 e. The van der Waals surface area contributed by atoms with Gasteiger partial charge in [-0.3, -0.25) is 4.79 Å². The number of rotatable bonds is 2. The number of thiazole rings is 1. The number of hydrogen-bond donors (Lipinski definition) is 1. The quantitative estimate of drug-likeness (QED) is 0.911. The van der Waals surface area contributed by atoms with E-state index in [-0.39, 0.29) is 11.9 Å². The van der Waals surface area contributed by atoms with E-state index in [9.17, 15) is 14.7 Å². The Bertz CT molecular complexity index is 583. The standard InChI is InChI=1S/C15H20N2O3S/c1-8-13(21-9(2)16-8)14(18)17-11-6-4-3-5-10(11)7-12(17)15(19)20/h10-12H,3-7H2,1-2H3,(H,19,20)/t10-,11-,12-/m0/s1. The van der Waals surface area contributed by atoms with Crippen LogP contribution in [-0.4, -0.2) is 39.0 Å². The molecule has 2 aliphatic rings. The van der Waals surface area contributed by atoms with E-state index in [4.69, 9.17) is 0 Å². The minimum Gasteiger partial charge on any atom is -0.480 e. The van der Waals surface area contributed by atoms with Crippen molar-refractivity contribution in [2.75, 3.05) is 0 Å². The third-order valence-electron chi connectivity index (χ3n) is 4.71. The summed E-state index contributed by atoms with van der Waals surface area (Å²) >= 11 is 1.37. The number of carbonyl (C=O) groups excluding carboxylic acids is 1. The largest absolute Gasteiger partial charge is 0.480 e. The number of carbonyl (C=O) groups is 2. The van der Waals surface area contributed by atoms with Crippen LogP contribution in [0.5, 0.6) is 0 Å². The predicted molar refractivity (Wildman–Crippen MR) is 79.5 cm³/mol. The zero-order valence-electron chi connectivity index (χ0n) is 12.3. The molecule has 1 saturated carbocycles. The Labute approximate surface area is 128 Å². The fourth-order valence-corrected chi connectivity index (χ4v) is 4.68. The molecule has 1 aromatic rings. The molecule has 6 heteroatoms. The highest BCUT2D eigenvalue weighted by atomic mass is 32.1. The number of nitrogens with zero attached hydrogens (tertiary/aromatic N) is 2. The SMILES string of the molecule is Cc1nc(C)c(C(=O)N2[C@H](C(=O)O)C[C@@H]3CCCC[C@@H]32)s1. The van der Waals surface area contributed by atoms with Crippen LogP contribution in [0, 0.1) is 19.8 Å². The number of aryl methyl sites for hydroxylation is 2. The van der Waals surface area contributed by atoms with Gasteiger partial charge in [0, 0.05) is 6.04 Å². The van der Waals surface area contributed by atoms with Crippen molar-refractivity contribution < 1.29 is 14.7 Å². The van der Waals surface area contributed by atoms with Crippen LogP contribution in [0.2, 0.25) is 0 Å². The van der Waals surface area contributed by atoms with Crippen LogP contribution >= 0.6 is 11.3 Å². The lowest BCUT2D eigenvalue weighted by atomic mass is 9.85. The van der Waals surface area contributed by atoms with Gasteiger partial charge in [-0.15, -0.1) is 11.3 Å². The van der Waals surface area contributed by atoms with Crippen LogP contribution in [0.15, 0.2) is 0 Å². The van der Waals surface area contributed by atoms with Crippen molar-refractivity contribution >= 4 is 23.2 Å². The first-order chi connectivity index (χ1) is 9.99. The summed E-state index contributed by atoms with van der Waals surface area (Å²) in [7, 11) is 0. The normalized spacial score (nSPS) is 28.5. The second kappa shape index (κ2) is 5.40. The smallest absolute Gasteiger partial charge is 0.326 e. The van der Waals surface area contributed by atoms with E-state index in [0.717, 1.165) is 30.7 Å². The molecule has 0 spiro atoms. The zero-order valence-corrected chi connectivity index (χ0v) is 13.2. The number of hydrogen-bond acceptors (Lipinski definition) is 4. The van der Waals surface area contributed by atoms with E-state index in [2.05, 4.69) is 4.98 Å². The van der Waals surface area contributed by atoms with Crippen molar-refractivity contribution in [2.24, 2.45) is 5.92 Å². The molecule has 1 saturated heterocycles. The fourth-order valence-electron chi connectivity index (χ4n) is 3.82. The second-order valence-electron chi connectivity index (χ2n) is 6.06. The average molecular weight is 308 g/mol. The second-order valence-corrected chi connectivity index (χ2v) is 7.26. The number of carboxylic acid groups (broad SMARTS) is 1. The lowest BCUT2D eigenvalue weighted by Gasteiger charge is -2.32. The molecule has 114 valence electrons. The van der Waals surface area contributed by atoms with Crippen molar-refractivity contribution in [3.05, 3.63) is 15.6 Å². The van der Waals surface area contributed by atoms with Gasteiger partial charge in [0.15, 0.2) is 0 Å². The van der Waals surface area contributed by atoms with Gasteiger partial charge < -0.3 is 10.0 Å². The Balaban J connectivity index is 1.94. The molecule has 2 fully saturated rings. The Morgan fingerprint density at radius 2 is 2.00 bits per heavy atom. The van der Waals surface area contributed by atoms with Crippen molar-refractivity contribution in [2.45, 2.75) is 58.0 Å². The topological polar surface area (TPSA) is 70.5 Å². The van der Waals surface area contributed by atoms with Gasteiger partial charge in [0.05, 0.1) is 10.7 Å². The Kier molecular flexibility index (Phi) is 3.73. The summed E-state index contributed by atoms with van der Waals surface area (Å²) in [4.78, 5) is 31.0. The first kappa shape index (κ1) is 14.5. The molecular formula is C15H20N2O3S. The summed E-state index contributed by atoms with van der Waals surface area (Å²) in [6.45, 7) is 3.69. The van der Waals surface area contributed by atoms with Crippen LogP contribution in [0.1, 0.15) is 52.5 Å². The minimum absolute atomic E-state index is 0.0918. The van der Waals surface area contributed by atoms with E-state index in [1.165, 1.54) is 11.3 Å². The van der Waals surface area contributed by atoms with Crippen molar-refractivity contribution in [1.82, 2.24) is 9.88 Å². The van der Waals surface area contributed by atoms with Crippen molar-refractivity contribution in [3.8, 4) is 0 Å². The third kappa shape index (κ3) is 2.46. The number of carboxylic acids is 1. The van der Waals surface area contributed by atoms with Gasteiger partial charge in [-0.2, -0.15) is 0 Å². The van der Waals surface area contributed by atoms with Crippen molar-refractivity contribution in [3.63, 3.8) is 0 Å². The maximum atomic E-state index is 12.9. The van der Waals surface area contributed by atoms with Crippen molar-refractivity contribution in [1.29, 1.82) is 0 Å². The highest BCUT2D eigenvalue weighted by molar-refractivity contribution is 7.13. The minimum atomic E-state index is -0.878. The van der Waals surface area contributed by atoms with Gasteiger partial charge in [-0.05, 0) is 39.0 Å². The van der Waals surface area contributed by atoms with E-state index in [1.54, 1.807) is 4.90 Å². The average Bonchev–Trinajstić information content (AvgIpc) is 2.98. The number of likely N-dealkylation sites (tertiary alicyclic amines) is 1. The molecule has 3 rings (SSSR count). The molecule has 21 heavy (non-hydrogen) atoms. The molecule has 0 radical (unpaired) electrons. The Hall–Kier alpha value is -1.43. The summed E-state index contributed by atoms with van der Waals surface area (Å²) in [5.41, 5.74) is 0.714. The molecule has 1 aliphatic heterocycles. The van der Waals surface area contributed by atoms with E-state index in [1.807, 2.05) is 13.8 Å². The van der Waals surface area contributed by atoms with Crippen LogP contribution in [0.4, 0.5) is 0 Å². The molecule has 0 aromatic carbocycles. The lowest BCUT2D eigenvalue weighted by molar-refractivity contribution is -0.141. The number of aliphatic carboxylic acids is 1. The van der Waals surface area contributed by atoms with E-state index < -0.39 is 12.0 Å². The predicted octanol–water partition coefficient (Wildman–Crippen LogP) is 2.62. The molecule has 5 nitrogen and oxygen atoms in total. The molecule has 0 unspecified atom stereocenters. The van der Waals surface area contributed by atoms with Gasteiger partial charge in [0.2, 0.25) is 0 Å². The summed E-state index contributed by atoms with van der Waals surface area (Å²) in [5.74, 6) is -0.672. The van der Waals surface area contributed by atoms with Crippen LogP contribution in [0.3, 0.4) is 0 Å². The first-order valence-corrected chi connectivity index (χ1v) is 8.30. The zero-order chi connectivity index (χ0) is 15.1. The maximum absolute atomic E-state index is 12.9. The molecule has 1 aromatic heterocycles. The molecule has 0 bridgehead atoms. The molecule has 1 amide bonds. The molecule has 1 aliphatic carbocycles. The molecule has 1 N–H and O–H groups in total. The third-order valence-corrected chi connectivity index (χ3v) is 5.77. The lowest BCUT2D eigenvalue weighted by Crippen LogP contribution is -2.46. The van der Waals surface area contributed by atoms with E-state index >= 15 is 0 Å². The molecule has 3 atom stereocenters. The van der Waals surface area contributed by atoms with Gasteiger partial charge in [0.25, 0.3) is 5.91 Å². The van der Waals surface area contributed by atoms with Crippen LogP contribution in [0.25, 0.3) is 0 Å². The first-order valence-electron chi connectivity index (χ1n) is 7.48. The summed E-state index contributed by atoms with van der Waals surface area (Å²) in [6, 6.07) is -0.582. The highest BCUT2D eigenvalue weighted by Gasteiger charge is 2.48. The Morgan fingerprint density at radius 3 is 2.62 bits per heavy atom. The van der Waals surface area contributed by atoms with Crippen LogP contribution < -0.4 is 0 Å². The monoisotopic (exact) mass is 308 g/mol. The number of aromatic nitrogens is 1. The fraction of sp³-hybridized carbons (Fsp3) is 0.667. The Morgan fingerprint density at radius 1 is 1.29 bits per heavy atom. The van der Waals surface area contributed by atoms with Crippen LogP contribution in [-0.2, 0) is 4.79 Å². The molecule has 2 heterocycles. The number of amides is 1. The highest BCUT2D eigenvalue weighted by Crippen LogP contribution is 2.41. The summed E-state index contributed by atoms with van der Waals surface area (Å²) < 4.78 is 0. The van der Waals surface area contributed by atoms with Gasteiger partial charge in [0.1, 0.15) is 10.9 Å². The molecular weight excluding hydrogens is 288 g/mol. The summed E-state index contributed by atoms with van der Waals surface area (Å²) in [6.07, 6.45) is 4.80. The van der Waals surface area contributed by atoms with E-state index in [0.29, 0.717) is 22.9 Å². The van der Waals surface area contributed by atoms with Gasteiger partial charge in [-0.25, -0.2) is 9.78 Å². The van der Waals surface area contributed by atoms with Gasteiger partial charge in [-0.1, -0.05) is 12.8 Å². The number of fused-ring (bicyclic) bond motifs is 1. The van der Waals surface area contributed by atoms with Gasteiger partial charge >= 0.3 is 5.97 Å². The summed E-state index contributed by atoms with van der Waals surface area (Å²) in [5, 5.41) is 10.3.